The van der Waals surface area contributed by atoms with Crippen molar-refractivity contribution in [1.29, 1.82) is 0 Å². The van der Waals surface area contributed by atoms with E-state index in [-0.39, 0.29) is 31.2 Å². The first-order chi connectivity index (χ1) is 15.8. The smallest absolute Gasteiger partial charge is 0.266 e. The van der Waals surface area contributed by atoms with Crippen molar-refractivity contribution < 1.29 is 19.0 Å². The highest BCUT2D eigenvalue weighted by atomic mass is 16.5. The lowest BCUT2D eigenvalue weighted by atomic mass is 10.1. The summed E-state index contributed by atoms with van der Waals surface area (Å²) < 4.78 is 17.7. The molecule has 1 amide bonds. The van der Waals surface area contributed by atoms with Crippen LogP contribution >= 0.6 is 0 Å². The van der Waals surface area contributed by atoms with Crippen molar-refractivity contribution in [3.8, 4) is 28.5 Å². The van der Waals surface area contributed by atoms with Crippen LogP contribution in [0.25, 0.3) is 11.3 Å². The standard InChI is InChI=1S/C25H29N3O5/c1-16-12-17(2)18(3)23(13-16)33-15-24(29)26-10-11-28-25(30)9-7-21(27-28)20-14-19(31-4)6-8-22(20)32-5/h6-9,12-14H,10-11,15H2,1-5H3,(H,26,29). The number of methoxy groups -OCH3 is 2. The van der Waals surface area contributed by atoms with E-state index in [1.165, 1.54) is 10.7 Å². The van der Waals surface area contributed by atoms with Crippen LogP contribution in [0.4, 0.5) is 0 Å². The number of nitrogens with one attached hydrogen (secondary N) is 1. The number of rotatable bonds is 9. The third kappa shape index (κ3) is 5.91. The monoisotopic (exact) mass is 451 g/mol. The second-order valence-corrected chi connectivity index (χ2v) is 7.69. The van der Waals surface area contributed by atoms with E-state index in [9.17, 15) is 9.59 Å². The van der Waals surface area contributed by atoms with Crippen LogP contribution < -0.4 is 25.1 Å². The third-order valence-corrected chi connectivity index (χ3v) is 5.32. The molecule has 3 rings (SSSR count). The maximum absolute atomic E-state index is 12.3. The van der Waals surface area contributed by atoms with Crippen LogP contribution in [0.1, 0.15) is 16.7 Å². The second kappa shape index (κ2) is 10.7. The van der Waals surface area contributed by atoms with Crippen LogP contribution in [0.2, 0.25) is 0 Å². The minimum atomic E-state index is -0.271. The molecule has 2 aromatic carbocycles. The van der Waals surface area contributed by atoms with E-state index in [4.69, 9.17) is 14.2 Å². The van der Waals surface area contributed by atoms with Gasteiger partial charge in [0.1, 0.15) is 17.2 Å². The molecule has 0 bridgehead atoms. The highest BCUT2D eigenvalue weighted by Gasteiger charge is 2.12. The molecule has 0 aliphatic rings. The number of aromatic nitrogens is 2. The Morgan fingerprint density at radius 1 is 1.00 bits per heavy atom. The Bertz CT molecular complexity index is 1200. The maximum Gasteiger partial charge on any atom is 0.266 e. The normalized spacial score (nSPS) is 10.6. The molecule has 0 saturated heterocycles. The number of hydrogen-bond acceptors (Lipinski definition) is 6. The fourth-order valence-electron chi connectivity index (χ4n) is 3.41. The third-order valence-electron chi connectivity index (χ3n) is 5.32. The quantitative estimate of drug-likeness (QED) is 0.538. The van der Waals surface area contributed by atoms with Gasteiger partial charge in [0.25, 0.3) is 11.5 Å². The molecule has 0 spiro atoms. The van der Waals surface area contributed by atoms with E-state index in [2.05, 4.69) is 16.5 Å². The predicted molar refractivity (Wildman–Crippen MR) is 126 cm³/mol. The summed E-state index contributed by atoms with van der Waals surface area (Å²) in [7, 11) is 3.15. The van der Waals surface area contributed by atoms with E-state index in [1.807, 2.05) is 26.8 Å². The molecule has 0 fully saturated rings. The maximum atomic E-state index is 12.3. The first kappa shape index (κ1) is 23.8. The number of amides is 1. The molecule has 1 N–H and O–H groups in total. The topological polar surface area (TPSA) is 91.7 Å². The van der Waals surface area contributed by atoms with Gasteiger partial charge in [-0.25, -0.2) is 4.68 Å². The number of ether oxygens (including phenoxy) is 3. The minimum absolute atomic E-state index is 0.104. The zero-order chi connectivity index (χ0) is 24.0. The summed E-state index contributed by atoms with van der Waals surface area (Å²) in [4.78, 5) is 24.5. The van der Waals surface area contributed by atoms with Crippen molar-refractivity contribution in [3.05, 3.63) is 69.5 Å². The number of nitrogens with zero attached hydrogens (tertiary/aromatic N) is 2. The summed E-state index contributed by atoms with van der Waals surface area (Å²) in [5, 5.41) is 7.20. The van der Waals surface area contributed by atoms with Crippen LogP contribution in [0.5, 0.6) is 17.2 Å². The molecule has 0 unspecified atom stereocenters. The van der Waals surface area contributed by atoms with Crippen molar-refractivity contribution in [1.82, 2.24) is 15.1 Å². The predicted octanol–water partition coefficient (Wildman–Crippen LogP) is 3.05. The molecule has 174 valence electrons. The average Bonchev–Trinajstić information content (AvgIpc) is 2.81. The molecule has 1 heterocycles. The minimum Gasteiger partial charge on any atom is -0.497 e. The van der Waals surface area contributed by atoms with Crippen molar-refractivity contribution in [2.24, 2.45) is 0 Å². The van der Waals surface area contributed by atoms with E-state index in [0.717, 1.165) is 16.7 Å². The first-order valence-corrected chi connectivity index (χ1v) is 10.6. The zero-order valence-corrected chi connectivity index (χ0v) is 19.6. The van der Waals surface area contributed by atoms with Crippen LogP contribution in [-0.4, -0.2) is 43.1 Å². The summed E-state index contributed by atoms with van der Waals surface area (Å²) in [6, 6.07) is 12.4. The van der Waals surface area contributed by atoms with Gasteiger partial charge in [-0.1, -0.05) is 6.07 Å². The second-order valence-electron chi connectivity index (χ2n) is 7.69. The van der Waals surface area contributed by atoms with Gasteiger partial charge in [-0.05, 0) is 67.8 Å². The Morgan fingerprint density at radius 3 is 2.52 bits per heavy atom. The summed E-state index contributed by atoms with van der Waals surface area (Å²) in [5.41, 5.74) is 4.19. The SMILES string of the molecule is COc1ccc(OC)c(-c2ccc(=O)n(CCNC(=O)COc3cc(C)cc(C)c3C)n2)c1. The summed E-state index contributed by atoms with van der Waals surface area (Å²) in [6.07, 6.45) is 0. The fraction of sp³-hybridized carbons (Fsp3) is 0.320. The summed E-state index contributed by atoms with van der Waals surface area (Å²) >= 11 is 0. The number of hydrogen-bond donors (Lipinski definition) is 1. The van der Waals surface area contributed by atoms with Crippen LogP contribution in [0.3, 0.4) is 0 Å². The van der Waals surface area contributed by atoms with Crippen molar-refractivity contribution in [2.45, 2.75) is 27.3 Å². The van der Waals surface area contributed by atoms with Gasteiger partial charge in [-0.15, -0.1) is 0 Å². The van der Waals surface area contributed by atoms with Gasteiger partial charge in [0.15, 0.2) is 6.61 Å². The highest BCUT2D eigenvalue weighted by molar-refractivity contribution is 5.77. The van der Waals surface area contributed by atoms with Gasteiger partial charge >= 0.3 is 0 Å². The number of carbonyl (C=O) groups is 1. The molecule has 0 aliphatic carbocycles. The Kier molecular flexibility index (Phi) is 7.71. The Balaban J connectivity index is 1.63. The van der Waals surface area contributed by atoms with Crippen LogP contribution in [0.15, 0.2) is 47.3 Å². The number of carbonyl (C=O) groups excluding carboxylic acids is 1. The van der Waals surface area contributed by atoms with E-state index in [0.29, 0.717) is 28.5 Å². The van der Waals surface area contributed by atoms with Gasteiger partial charge in [-0.2, -0.15) is 5.10 Å². The van der Waals surface area contributed by atoms with Gasteiger partial charge in [-0.3, -0.25) is 9.59 Å². The van der Waals surface area contributed by atoms with Gasteiger partial charge in [0.05, 0.1) is 26.5 Å². The van der Waals surface area contributed by atoms with Gasteiger partial charge < -0.3 is 19.5 Å². The zero-order valence-electron chi connectivity index (χ0n) is 19.6. The van der Waals surface area contributed by atoms with Gasteiger partial charge in [0, 0.05) is 18.2 Å². The molecular weight excluding hydrogens is 422 g/mol. The molecule has 0 aliphatic heterocycles. The molecule has 1 aromatic heterocycles. The largest absolute Gasteiger partial charge is 0.497 e. The lowest BCUT2D eigenvalue weighted by molar-refractivity contribution is -0.123. The Morgan fingerprint density at radius 2 is 1.79 bits per heavy atom. The van der Waals surface area contributed by atoms with Crippen molar-refractivity contribution in [2.75, 3.05) is 27.4 Å². The van der Waals surface area contributed by atoms with E-state index in [1.54, 1.807) is 38.5 Å². The molecule has 33 heavy (non-hydrogen) atoms. The number of aryl methyl sites for hydroxylation is 2. The lowest BCUT2D eigenvalue weighted by Crippen LogP contribution is -2.34. The Hall–Kier alpha value is -3.81. The first-order valence-electron chi connectivity index (χ1n) is 10.6. The molecule has 0 atom stereocenters. The molecule has 8 nitrogen and oxygen atoms in total. The average molecular weight is 452 g/mol. The lowest BCUT2D eigenvalue weighted by Gasteiger charge is -2.13. The molecule has 3 aromatic rings. The molecule has 8 heteroatoms. The summed E-state index contributed by atoms with van der Waals surface area (Å²) in [6.45, 7) is 6.30. The van der Waals surface area contributed by atoms with Crippen LogP contribution in [-0.2, 0) is 11.3 Å². The van der Waals surface area contributed by atoms with E-state index >= 15 is 0 Å². The fourth-order valence-corrected chi connectivity index (χ4v) is 3.41. The van der Waals surface area contributed by atoms with E-state index < -0.39 is 0 Å². The van der Waals surface area contributed by atoms with Gasteiger partial charge in [0.2, 0.25) is 0 Å². The summed E-state index contributed by atoms with van der Waals surface area (Å²) in [5.74, 6) is 1.69. The van der Waals surface area contributed by atoms with Crippen molar-refractivity contribution >= 4 is 5.91 Å². The van der Waals surface area contributed by atoms with Crippen molar-refractivity contribution in [3.63, 3.8) is 0 Å². The van der Waals surface area contributed by atoms with Crippen LogP contribution in [0, 0.1) is 20.8 Å². The molecule has 0 saturated carbocycles. The molecule has 0 radical (unpaired) electrons. The number of benzene rings is 2. The Labute approximate surface area is 193 Å². The molecular formula is C25H29N3O5. The highest BCUT2D eigenvalue weighted by Crippen LogP contribution is 2.31.